The molecule has 34 heavy (non-hydrogen) atoms. The number of anilines is 3. The Balaban J connectivity index is 1.76. The molecule has 2 heterocycles. The predicted octanol–water partition coefficient (Wildman–Crippen LogP) is 4.42. The normalized spacial score (nSPS) is 19.2. The van der Waals surface area contributed by atoms with Gasteiger partial charge in [0.25, 0.3) is 0 Å². The Morgan fingerprint density at radius 2 is 1.94 bits per heavy atom. The summed E-state index contributed by atoms with van der Waals surface area (Å²) in [6.45, 7) is 1.90. The van der Waals surface area contributed by atoms with E-state index < -0.39 is 5.82 Å². The highest BCUT2D eigenvalue weighted by atomic mass is 35.5. The van der Waals surface area contributed by atoms with Crippen LogP contribution in [0.25, 0.3) is 11.2 Å². The van der Waals surface area contributed by atoms with Crippen LogP contribution in [0.15, 0.2) is 18.3 Å². The first-order chi connectivity index (χ1) is 16.3. The van der Waals surface area contributed by atoms with Crippen LogP contribution in [0.5, 0.6) is 0 Å². The van der Waals surface area contributed by atoms with Crippen molar-refractivity contribution in [2.24, 2.45) is 11.7 Å². The molecule has 3 aromatic rings. The van der Waals surface area contributed by atoms with Crippen LogP contribution in [0, 0.1) is 11.7 Å². The van der Waals surface area contributed by atoms with E-state index in [1.807, 2.05) is 11.5 Å². The number of hydrogen-bond donors (Lipinski definition) is 4. The van der Waals surface area contributed by atoms with Crippen LogP contribution in [0.1, 0.15) is 45.1 Å². The SMILES string of the molecule is CC[C@H](CO)Nc1ncc2nc(Nc3c(Cl)cc(F)cc3Cl)n(C3CCC(C(N)=O)CC3)c2n1. The predicted molar refractivity (Wildman–Crippen MR) is 130 cm³/mol. The second-order valence-corrected chi connectivity index (χ2v) is 9.23. The van der Waals surface area contributed by atoms with E-state index in [2.05, 4.69) is 25.6 Å². The number of carbonyl (C=O) groups is 1. The number of carbonyl (C=O) groups excluding carboxylic acids is 1. The number of aromatic nitrogens is 4. The van der Waals surface area contributed by atoms with E-state index in [9.17, 15) is 14.3 Å². The van der Waals surface area contributed by atoms with E-state index in [0.717, 1.165) is 0 Å². The number of nitrogens with one attached hydrogen (secondary N) is 2. The molecule has 0 saturated heterocycles. The van der Waals surface area contributed by atoms with Crippen molar-refractivity contribution in [1.29, 1.82) is 0 Å². The number of nitrogens with two attached hydrogens (primary N) is 1. The molecule has 2 aromatic heterocycles. The lowest BCUT2D eigenvalue weighted by atomic mass is 9.85. The van der Waals surface area contributed by atoms with Crippen LogP contribution in [0.2, 0.25) is 10.0 Å². The van der Waals surface area contributed by atoms with Gasteiger partial charge in [0.2, 0.25) is 17.8 Å². The third-order valence-electron chi connectivity index (χ3n) is 6.19. The van der Waals surface area contributed by atoms with Crippen molar-refractivity contribution in [3.05, 3.63) is 34.2 Å². The number of imidazole rings is 1. The minimum atomic E-state index is -0.547. The van der Waals surface area contributed by atoms with Gasteiger partial charge in [0.05, 0.1) is 34.6 Å². The molecule has 5 N–H and O–H groups in total. The second-order valence-electron chi connectivity index (χ2n) is 8.42. The molecule has 1 amide bonds. The fraction of sp³-hybridized carbons (Fsp3) is 0.455. The largest absolute Gasteiger partial charge is 0.394 e. The van der Waals surface area contributed by atoms with Crippen molar-refractivity contribution in [1.82, 2.24) is 19.5 Å². The molecule has 0 radical (unpaired) electrons. The van der Waals surface area contributed by atoms with Crippen molar-refractivity contribution < 1.29 is 14.3 Å². The van der Waals surface area contributed by atoms with Gasteiger partial charge in [0.1, 0.15) is 11.3 Å². The minimum absolute atomic E-state index is 0.0244. The third-order valence-corrected chi connectivity index (χ3v) is 6.78. The highest BCUT2D eigenvalue weighted by Crippen LogP contribution is 2.39. The Morgan fingerprint density at radius 3 is 2.53 bits per heavy atom. The number of hydrogen-bond acceptors (Lipinski definition) is 7. The monoisotopic (exact) mass is 509 g/mol. The highest BCUT2D eigenvalue weighted by Gasteiger charge is 2.29. The Morgan fingerprint density at radius 1 is 1.26 bits per heavy atom. The van der Waals surface area contributed by atoms with Gasteiger partial charge in [0.15, 0.2) is 5.65 Å². The topological polar surface area (TPSA) is 131 Å². The summed E-state index contributed by atoms with van der Waals surface area (Å²) in [7, 11) is 0. The molecule has 4 rings (SSSR count). The zero-order valence-electron chi connectivity index (χ0n) is 18.6. The summed E-state index contributed by atoms with van der Waals surface area (Å²) < 4.78 is 15.6. The van der Waals surface area contributed by atoms with Crippen LogP contribution in [-0.4, -0.2) is 43.2 Å². The zero-order chi connectivity index (χ0) is 24.4. The first-order valence-electron chi connectivity index (χ1n) is 11.1. The number of fused-ring (bicyclic) bond motifs is 1. The first kappa shape index (κ1) is 24.4. The molecule has 0 unspecified atom stereocenters. The molecule has 9 nitrogen and oxygen atoms in total. The molecule has 1 aliphatic carbocycles. The maximum Gasteiger partial charge on any atom is 0.225 e. The summed E-state index contributed by atoms with van der Waals surface area (Å²) in [4.78, 5) is 25.3. The molecule has 0 bridgehead atoms. The van der Waals surface area contributed by atoms with Gasteiger partial charge in [-0.25, -0.2) is 14.4 Å². The van der Waals surface area contributed by atoms with Crippen molar-refractivity contribution >= 4 is 57.9 Å². The van der Waals surface area contributed by atoms with Crippen LogP contribution in [0.3, 0.4) is 0 Å². The number of primary amides is 1. The van der Waals surface area contributed by atoms with Gasteiger partial charge in [-0.05, 0) is 44.2 Å². The molecular formula is C22H26Cl2FN7O2. The molecular weight excluding hydrogens is 484 g/mol. The molecule has 182 valence electrons. The fourth-order valence-corrected chi connectivity index (χ4v) is 4.80. The van der Waals surface area contributed by atoms with E-state index in [1.165, 1.54) is 12.1 Å². The number of nitrogens with zero attached hydrogens (tertiary/aromatic N) is 4. The molecule has 12 heteroatoms. The Labute approximate surface area is 205 Å². The van der Waals surface area contributed by atoms with E-state index in [-0.39, 0.29) is 40.6 Å². The average Bonchev–Trinajstić information content (AvgIpc) is 3.17. The lowest BCUT2D eigenvalue weighted by Crippen LogP contribution is -2.29. The summed E-state index contributed by atoms with van der Waals surface area (Å²) in [6.07, 6.45) is 4.98. The Kier molecular flexibility index (Phi) is 7.39. The number of benzene rings is 1. The number of halogens is 3. The van der Waals surface area contributed by atoms with Crippen LogP contribution >= 0.6 is 23.2 Å². The van der Waals surface area contributed by atoms with Crippen LogP contribution in [-0.2, 0) is 4.79 Å². The van der Waals surface area contributed by atoms with E-state index >= 15 is 0 Å². The van der Waals surface area contributed by atoms with Gasteiger partial charge in [-0.3, -0.25) is 9.36 Å². The summed E-state index contributed by atoms with van der Waals surface area (Å²) >= 11 is 12.5. The molecule has 1 fully saturated rings. The zero-order valence-corrected chi connectivity index (χ0v) is 20.1. The lowest BCUT2D eigenvalue weighted by molar-refractivity contribution is -0.122. The maximum atomic E-state index is 13.7. The quantitative estimate of drug-likeness (QED) is 0.353. The molecule has 1 atom stereocenters. The Bertz CT molecular complexity index is 1170. The first-order valence-corrected chi connectivity index (χ1v) is 11.9. The molecule has 0 aliphatic heterocycles. The molecule has 1 aromatic carbocycles. The van der Waals surface area contributed by atoms with Crippen molar-refractivity contribution in [2.75, 3.05) is 17.2 Å². The number of amides is 1. The van der Waals surface area contributed by atoms with Crippen molar-refractivity contribution in [3.63, 3.8) is 0 Å². The molecule has 1 saturated carbocycles. The molecule has 0 spiro atoms. The van der Waals surface area contributed by atoms with Gasteiger partial charge in [-0.1, -0.05) is 30.1 Å². The summed E-state index contributed by atoms with van der Waals surface area (Å²) in [5, 5.41) is 16.0. The smallest absolute Gasteiger partial charge is 0.225 e. The van der Waals surface area contributed by atoms with Crippen LogP contribution in [0.4, 0.5) is 22.0 Å². The average molecular weight is 510 g/mol. The van der Waals surface area contributed by atoms with E-state index in [1.54, 1.807) is 6.20 Å². The minimum Gasteiger partial charge on any atom is -0.394 e. The van der Waals surface area contributed by atoms with Crippen molar-refractivity contribution in [3.8, 4) is 0 Å². The Hall–Kier alpha value is -2.69. The third kappa shape index (κ3) is 5.03. The van der Waals surface area contributed by atoms with Gasteiger partial charge in [0, 0.05) is 12.0 Å². The number of aliphatic hydroxyl groups excluding tert-OH is 1. The van der Waals surface area contributed by atoms with Gasteiger partial charge in [-0.15, -0.1) is 0 Å². The van der Waals surface area contributed by atoms with E-state index in [4.69, 9.17) is 28.9 Å². The van der Waals surface area contributed by atoms with Gasteiger partial charge in [-0.2, -0.15) is 4.98 Å². The summed E-state index contributed by atoms with van der Waals surface area (Å²) in [5.74, 6) is -0.209. The van der Waals surface area contributed by atoms with Gasteiger partial charge >= 0.3 is 0 Å². The summed E-state index contributed by atoms with van der Waals surface area (Å²) in [6, 6.07) is 2.13. The fourth-order valence-electron chi connectivity index (χ4n) is 4.25. The molecule has 1 aliphatic rings. The van der Waals surface area contributed by atoms with Crippen LogP contribution < -0.4 is 16.4 Å². The number of rotatable bonds is 8. The number of aliphatic hydroxyl groups is 1. The lowest BCUT2D eigenvalue weighted by Gasteiger charge is -2.29. The van der Waals surface area contributed by atoms with Gasteiger partial charge < -0.3 is 21.5 Å². The maximum absolute atomic E-state index is 13.7. The summed E-state index contributed by atoms with van der Waals surface area (Å²) in [5.41, 5.74) is 6.95. The second kappa shape index (κ2) is 10.3. The standard InChI is InChI=1S/C22H26Cl2FN7O2/c1-2-13(10-33)28-21-27-9-17-20(31-21)32(14-5-3-11(4-6-14)19(26)34)22(29-17)30-18-15(23)7-12(25)8-16(18)24/h7-9,11,13-14,33H,2-6,10H2,1H3,(H2,26,34)(H,29,30)(H,27,28,31)/t11?,13-,14?/m1/s1. The van der Waals surface area contributed by atoms with Crippen molar-refractivity contribution in [2.45, 2.75) is 51.1 Å². The highest BCUT2D eigenvalue weighted by molar-refractivity contribution is 6.39. The van der Waals surface area contributed by atoms with E-state index in [0.29, 0.717) is 60.9 Å².